The monoisotopic (exact) mass is 326 g/mol. The second-order valence-corrected chi connectivity index (χ2v) is 6.97. The largest absolute Gasteiger partial charge is 0.399 e. The Hall–Kier alpha value is -2.91. The Morgan fingerprint density at radius 1 is 0.792 bits per heavy atom. The van der Waals surface area contributed by atoms with Gasteiger partial charge in [0.25, 0.3) is 0 Å². The van der Waals surface area contributed by atoms with Gasteiger partial charge in [0, 0.05) is 16.6 Å². The molecule has 0 fully saturated rings. The van der Waals surface area contributed by atoms with Gasteiger partial charge in [0.1, 0.15) is 5.01 Å². The van der Waals surface area contributed by atoms with Crippen molar-refractivity contribution in [3.8, 4) is 10.6 Å². The van der Waals surface area contributed by atoms with Gasteiger partial charge >= 0.3 is 0 Å². The summed E-state index contributed by atoms with van der Waals surface area (Å²) in [5.74, 6) is 0. The second-order valence-electron chi connectivity index (χ2n) is 5.94. The van der Waals surface area contributed by atoms with Gasteiger partial charge in [-0.05, 0) is 34.4 Å². The van der Waals surface area contributed by atoms with E-state index in [1.54, 1.807) is 11.3 Å². The molecular weight excluding hydrogens is 312 g/mol. The Bertz CT molecular complexity index is 1210. The molecule has 2 N–H and O–H groups in total. The van der Waals surface area contributed by atoms with Crippen molar-refractivity contribution in [2.75, 3.05) is 5.73 Å². The summed E-state index contributed by atoms with van der Waals surface area (Å²) in [4.78, 5) is 4.97. The third kappa shape index (κ3) is 1.99. The molecule has 0 amide bonds. The first-order valence-electron chi connectivity index (χ1n) is 7.86. The van der Waals surface area contributed by atoms with E-state index in [-0.39, 0.29) is 0 Å². The Morgan fingerprint density at radius 3 is 2.46 bits per heavy atom. The average Bonchev–Trinajstić information content (AvgIpc) is 3.06. The fraction of sp³-hybridized carbons (Fsp3) is 0. The highest BCUT2D eigenvalue weighted by Crippen LogP contribution is 2.37. The van der Waals surface area contributed by atoms with E-state index in [4.69, 9.17) is 10.7 Å². The minimum absolute atomic E-state index is 0.789. The van der Waals surface area contributed by atoms with Crippen LogP contribution in [0.25, 0.3) is 42.3 Å². The van der Waals surface area contributed by atoms with Crippen molar-refractivity contribution in [3.63, 3.8) is 0 Å². The number of nitrogens with two attached hydrogens (primary N) is 1. The summed E-state index contributed by atoms with van der Waals surface area (Å²) >= 11 is 1.74. The van der Waals surface area contributed by atoms with Gasteiger partial charge in [0.05, 0.1) is 10.2 Å². The van der Waals surface area contributed by atoms with Crippen molar-refractivity contribution < 1.29 is 0 Å². The number of rotatable bonds is 1. The topological polar surface area (TPSA) is 38.9 Å². The third-order valence-electron chi connectivity index (χ3n) is 4.40. The van der Waals surface area contributed by atoms with Crippen LogP contribution in [-0.2, 0) is 0 Å². The number of hydrogen-bond acceptors (Lipinski definition) is 3. The van der Waals surface area contributed by atoms with Crippen LogP contribution in [0.1, 0.15) is 0 Å². The Morgan fingerprint density at radius 2 is 1.58 bits per heavy atom. The van der Waals surface area contributed by atoms with Gasteiger partial charge in [0.2, 0.25) is 0 Å². The number of hydrogen-bond donors (Lipinski definition) is 1. The molecule has 0 aliphatic heterocycles. The molecule has 0 saturated heterocycles. The average molecular weight is 326 g/mol. The van der Waals surface area contributed by atoms with Gasteiger partial charge in [0.15, 0.2) is 0 Å². The molecule has 0 saturated carbocycles. The first-order valence-corrected chi connectivity index (χ1v) is 8.68. The summed E-state index contributed by atoms with van der Waals surface area (Å²) in [6, 6.07) is 25.1. The first kappa shape index (κ1) is 13.5. The lowest BCUT2D eigenvalue weighted by molar-refractivity contribution is 1.49. The molecule has 5 rings (SSSR count). The number of aromatic nitrogens is 1. The quantitative estimate of drug-likeness (QED) is 0.310. The molecule has 24 heavy (non-hydrogen) atoms. The van der Waals surface area contributed by atoms with Crippen LogP contribution < -0.4 is 5.73 Å². The minimum atomic E-state index is 0.789. The van der Waals surface area contributed by atoms with Crippen LogP contribution in [0.5, 0.6) is 0 Å². The summed E-state index contributed by atoms with van der Waals surface area (Å²) in [6.07, 6.45) is 0. The normalized spacial score (nSPS) is 11.5. The zero-order valence-electron chi connectivity index (χ0n) is 12.9. The van der Waals surface area contributed by atoms with E-state index in [0.29, 0.717) is 0 Å². The van der Waals surface area contributed by atoms with E-state index in [2.05, 4.69) is 54.6 Å². The van der Waals surface area contributed by atoms with Crippen molar-refractivity contribution in [2.45, 2.75) is 0 Å². The number of anilines is 1. The van der Waals surface area contributed by atoms with Crippen LogP contribution in [-0.4, -0.2) is 4.98 Å². The highest BCUT2D eigenvalue weighted by molar-refractivity contribution is 7.21. The molecule has 0 unspecified atom stereocenters. The van der Waals surface area contributed by atoms with Crippen molar-refractivity contribution in [1.82, 2.24) is 4.98 Å². The van der Waals surface area contributed by atoms with Crippen LogP contribution in [0.2, 0.25) is 0 Å². The molecule has 0 spiro atoms. The predicted molar refractivity (Wildman–Crippen MR) is 104 cm³/mol. The number of fused-ring (bicyclic) bond motifs is 5. The van der Waals surface area contributed by atoms with Crippen molar-refractivity contribution in [1.29, 1.82) is 0 Å². The van der Waals surface area contributed by atoms with E-state index in [1.807, 2.05) is 18.2 Å². The molecular formula is C21H14N2S. The molecule has 2 nitrogen and oxygen atoms in total. The van der Waals surface area contributed by atoms with Crippen LogP contribution in [0.4, 0.5) is 5.69 Å². The summed E-state index contributed by atoms with van der Waals surface area (Å²) in [7, 11) is 0. The SMILES string of the molecule is Nc1ccc2c(ccc3ccc4sc(-c5ccccc5)nc4c32)c1. The van der Waals surface area contributed by atoms with Crippen LogP contribution in [0.15, 0.2) is 72.8 Å². The molecule has 0 atom stereocenters. The Kier molecular flexibility index (Phi) is 2.84. The fourth-order valence-electron chi connectivity index (χ4n) is 3.26. The predicted octanol–water partition coefficient (Wildman–Crippen LogP) is 5.85. The molecule has 0 aliphatic rings. The Balaban J connectivity index is 1.90. The summed E-state index contributed by atoms with van der Waals surface area (Å²) in [6.45, 7) is 0. The molecule has 0 aliphatic carbocycles. The van der Waals surface area contributed by atoms with Crippen molar-refractivity contribution >= 4 is 48.8 Å². The van der Waals surface area contributed by atoms with E-state index < -0.39 is 0 Å². The van der Waals surface area contributed by atoms with Gasteiger partial charge < -0.3 is 5.73 Å². The van der Waals surface area contributed by atoms with E-state index in [9.17, 15) is 0 Å². The molecule has 0 bridgehead atoms. The summed E-state index contributed by atoms with van der Waals surface area (Å²) in [5, 5.41) is 5.85. The summed E-state index contributed by atoms with van der Waals surface area (Å²) < 4.78 is 1.21. The van der Waals surface area contributed by atoms with Crippen LogP contribution >= 0.6 is 11.3 Å². The smallest absolute Gasteiger partial charge is 0.124 e. The standard InChI is InChI=1S/C21H14N2S/c22-16-9-10-17-15(12-16)7-6-13-8-11-18-20(19(13)17)23-21(24-18)14-4-2-1-3-5-14/h1-12H,22H2. The number of thiazole rings is 1. The molecule has 0 radical (unpaired) electrons. The first-order chi connectivity index (χ1) is 11.8. The van der Waals surface area contributed by atoms with E-state index in [1.165, 1.54) is 20.9 Å². The molecule has 3 heteroatoms. The van der Waals surface area contributed by atoms with Crippen LogP contribution in [0, 0.1) is 0 Å². The summed E-state index contributed by atoms with van der Waals surface area (Å²) in [5.41, 5.74) is 8.98. The lowest BCUT2D eigenvalue weighted by Gasteiger charge is -2.05. The highest BCUT2D eigenvalue weighted by atomic mass is 32.1. The zero-order valence-corrected chi connectivity index (χ0v) is 13.7. The lowest BCUT2D eigenvalue weighted by atomic mass is 10.0. The maximum atomic E-state index is 5.95. The number of nitrogens with zero attached hydrogens (tertiary/aromatic N) is 1. The molecule has 4 aromatic carbocycles. The molecule has 114 valence electrons. The van der Waals surface area contributed by atoms with E-state index in [0.717, 1.165) is 27.2 Å². The maximum absolute atomic E-state index is 5.95. The third-order valence-corrected chi connectivity index (χ3v) is 5.47. The minimum Gasteiger partial charge on any atom is -0.399 e. The van der Waals surface area contributed by atoms with Gasteiger partial charge in [-0.15, -0.1) is 11.3 Å². The van der Waals surface area contributed by atoms with Gasteiger partial charge in [-0.3, -0.25) is 0 Å². The van der Waals surface area contributed by atoms with E-state index >= 15 is 0 Å². The maximum Gasteiger partial charge on any atom is 0.124 e. The number of nitrogen functional groups attached to an aromatic ring is 1. The molecule has 1 heterocycles. The molecule has 5 aromatic rings. The second kappa shape index (κ2) is 5.05. The van der Waals surface area contributed by atoms with Gasteiger partial charge in [-0.25, -0.2) is 4.98 Å². The lowest BCUT2D eigenvalue weighted by Crippen LogP contribution is -1.85. The van der Waals surface area contributed by atoms with Crippen molar-refractivity contribution in [2.24, 2.45) is 0 Å². The van der Waals surface area contributed by atoms with Crippen LogP contribution in [0.3, 0.4) is 0 Å². The van der Waals surface area contributed by atoms with Gasteiger partial charge in [-0.1, -0.05) is 54.6 Å². The Labute approximate surface area is 143 Å². The van der Waals surface area contributed by atoms with Gasteiger partial charge in [-0.2, -0.15) is 0 Å². The zero-order chi connectivity index (χ0) is 16.1. The molecule has 1 aromatic heterocycles. The number of benzene rings is 4. The highest BCUT2D eigenvalue weighted by Gasteiger charge is 2.11. The van der Waals surface area contributed by atoms with Crippen molar-refractivity contribution in [3.05, 3.63) is 72.8 Å². The fourth-order valence-corrected chi connectivity index (χ4v) is 4.24.